The number of carboxylic acids is 1. The Labute approximate surface area is 203 Å². The second kappa shape index (κ2) is 10.3. The fraction of sp³-hybridized carbons (Fsp3) is 0.333. The van der Waals surface area contributed by atoms with Gasteiger partial charge in [-0.25, -0.2) is 4.79 Å². The summed E-state index contributed by atoms with van der Waals surface area (Å²) in [6.07, 6.45) is 0. The first-order valence-electron chi connectivity index (χ1n) is 9.42. The van der Waals surface area contributed by atoms with Crippen molar-refractivity contribution in [1.29, 1.82) is 0 Å². The van der Waals surface area contributed by atoms with E-state index in [-0.39, 0.29) is 23.0 Å². The van der Waals surface area contributed by atoms with Gasteiger partial charge in [-0.15, -0.1) is 0 Å². The molecule has 3 unspecified atom stereocenters. The average Bonchev–Trinajstić information content (AvgIpc) is 2.70. The zero-order valence-corrected chi connectivity index (χ0v) is 21.9. The van der Waals surface area contributed by atoms with Gasteiger partial charge < -0.3 is 25.0 Å². The van der Waals surface area contributed by atoms with Crippen molar-refractivity contribution in [2.75, 3.05) is 7.05 Å². The first-order chi connectivity index (χ1) is 14.8. The molecule has 0 aliphatic heterocycles. The van der Waals surface area contributed by atoms with Crippen LogP contribution in [0.5, 0.6) is 17.2 Å². The van der Waals surface area contributed by atoms with E-state index in [0.29, 0.717) is 20.3 Å². The number of hydrogen-bond acceptors (Lipinski definition) is 6. The van der Waals surface area contributed by atoms with Crippen molar-refractivity contribution >= 4 is 52.2 Å². The molecule has 0 aromatic heterocycles. The van der Waals surface area contributed by atoms with E-state index in [1.807, 2.05) is 0 Å². The SMILES string of the molecule is CC(C)C(C(=O)O)N(C)C(=O)c1cc(Oc2c(Br)cc(C(C)(O)[PH+]=O)cc2Br)ccc1O. The number of phenolic OH excluding ortho intramolecular Hbond substituents is 1. The molecule has 11 heteroatoms. The minimum absolute atomic E-state index is 0.115. The Kier molecular flexibility index (Phi) is 8.44. The summed E-state index contributed by atoms with van der Waals surface area (Å²) in [7, 11) is 0.385. The van der Waals surface area contributed by atoms with Gasteiger partial charge >= 0.3 is 14.4 Å². The van der Waals surface area contributed by atoms with E-state index in [0.717, 1.165) is 4.90 Å². The molecular formula is C21H23Br2NO7P+. The third kappa shape index (κ3) is 5.67. The highest BCUT2D eigenvalue weighted by molar-refractivity contribution is 9.11. The first-order valence-corrected chi connectivity index (χ1v) is 11.9. The normalized spacial score (nSPS) is 14.1. The zero-order chi connectivity index (χ0) is 24.4. The van der Waals surface area contributed by atoms with Gasteiger partial charge in [-0.05, 0) is 68.1 Å². The van der Waals surface area contributed by atoms with Crippen LogP contribution >= 0.6 is 40.3 Å². The second-order valence-electron chi connectivity index (χ2n) is 7.67. The largest absolute Gasteiger partial charge is 0.507 e. The molecule has 0 bridgehead atoms. The van der Waals surface area contributed by atoms with Gasteiger partial charge in [-0.3, -0.25) is 4.79 Å². The summed E-state index contributed by atoms with van der Waals surface area (Å²) >= 11 is 6.72. The topological polar surface area (TPSA) is 124 Å². The fourth-order valence-corrected chi connectivity index (χ4v) is 4.69. The van der Waals surface area contributed by atoms with Gasteiger partial charge in [0, 0.05) is 19.5 Å². The second-order valence-corrected chi connectivity index (χ2v) is 10.6. The maximum atomic E-state index is 12.9. The molecule has 0 radical (unpaired) electrons. The van der Waals surface area contributed by atoms with Crippen LogP contribution in [-0.2, 0) is 14.7 Å². The molecule has 0 aliphatic rings. The molecule has 2 rings (SSSR count). The third-order valence-corrected chi connectivity index (χ3v) is 6.66. The Morgan fingerprint density at radius 2 is 1.72 bits per heavy atom. The van der Waals surface area contributed by atoms with Gasteiger partial charge in [0.25, 0.3) is 11.2 Å². The zero-order valence-electron chi connectivity index (χ0n) is 17.7. The molecule has 0 aliphatic carbocycles. The number of carbonyl (C=O) groups excluding carboxylic acids is 1. The molecule has 32 heavy (non-hydrogen) atoms. The van der Waals surface area contributed by atoms with E-state index in [9.17, 15) is 29.5 Å². The van der Waals surface area contributed by atoms with E-state index in [1.54, 1.807) is 26.0 Å². The number of phenols is 1. The molecule has 8 nitrogen and oxygen atoms in total. The van der Waals surface area contributed by atoms with Gasteiger partial charge in [0.05, 0.1) is 14.5 Å². The Hall–Kier alpha value is -2.00. The van der Waals surface area contributed by atoms with Gasteiger partial charge in [0.1, 0.15) is 17.5 Å². The van der Waals surface area contributed by atoms with E-state index in [4.69, 9.17) is 4.74 Å². The molecule has 0 heterocycles. The lowest BCUT2D eigenvalue weighted by atomic mass is 10.0. The monoisotopic (exact) mass is 590 g/mol. The Balaban J connectivity index is 2.41. The van der Waals surface area contributed by atoms with Crippen molar-refractivity contribution in [3.8, 4) is 17.2 Å². The van der Waals surface area contributed by atoms with Gasteiger partial charge in [0.15, 0.2) is 5.75 Å². The Morgan fingerprint density at radius 1 is 1.16 bits per heavy atom. The summed E-state index contributed by atoms with van der Waals surface area (Å²) in [6.45, 7) is 4.79. The molecule has 2 aromatic rings. The summed E-state index contributed by atoms with van der Waals surface area (Å²) in [5.41, 5.74) is 0.282. The van der Waals surface area contributed by atoms with Crippen LogP contribution in [-0.4, -0.2) is 45.2 Å². The number of carbonyl (C=O) groups is 2. The van der Waals surface area contributed by atoms with Crippen molar-refractivity contribution in [1.82, 2.24) is 4.90 Å². The van der Waals surface area contributed by atoms with Crippen molar-refractivity contribution in [2.45, 2.75) is 32.2 Å². The standard InChI is InChI=1S/C21H22Br2NO7P/c1-10(2)17(20(27)28)24(4)19(26)13-9-12(5-6-16(13)25)31-18-14(22)7-11(8-15(18)23)21(3,29)32-30/h5-10,17,25,29H,1-4H3,(H,27,28)/p+1. The highest BCUT2D eigenvalue weighted by Crippen LogP contribution is 2.43. The molecule has 172 valence electrons. The predicted octanol–water partition coefficient (Wildman–Crippen LogP) is 5.08. The van der Waals surface area contributed by atoms with Crippen LogP contribution in [0.15, 0.2) is 39.3 Å². The number of ether oxygens (including phenoxy) is 1. The molecule has 3 N–H and O–H groups in total. The molecule has 0 fully saturated rings. The molecule has 1 amide bonds. The summed E-state index contributed by atoms with van der Waals surface area (Å²) in [4.78, 5) is 25.6. The molecule has 0 saturated heterocycles. The van der Waals surface area contributed by atoms with Crippen LogP contribution in [0, 0.1) is 5.92 Å². The quantitative estimate of drug-likeness (QED) is 0.366. The van der Waals surface area contributed by atoms with E-state index >= 15 is 0 Å². The van der Waals surface area contributed by atoms with E-state index < -0.39 is 31.7 Å². The van der Waals surface area contributed by atoms with Crippen LogP contribution < -0.4 is 4.74 Å². The number of aliphatic hydroxyl groups is 1. The number of hydrogen-bond donors (Lipinski definition) is 3. The fourth-order valence-electron chi connectivity index (χ4n) is 3.08. The highest BCUT2D eigenvalue weighted by Gasteiger charge is 2.34. The smallest absolute Gasteiger partial charge is 0.364 e. The molecule has 2 aromatic carbocycles. The third-order valence-electron chi connectivity index (χ3n) is 4.80. The summed E-state index contributed by atoms with van der Waals surface area (Å²) in [5, 5.41) is 28.4. The number of likely N-dealkylation sites (N-methyl/N-ethyl adjacent to an activating group) is 1. The Bertz CT molecular complexity index is 1040. The first kappa shape index (κ1) is 26.3. The van der Waals surface area contributed by atoms with Crippen molar-refractivity contribution < 1.29 is 34.2 Å². The van der Waals surface area contributed by atoms with Crippen LogP contribution in [0.3, 0.4) is 0 Å². The maximum absolute atomic E-state index is 12.9. The van der Waals surface area contributed by atoms with E-state index in [2.05, 4.69) is 31.9 Å². The Morgan fingerprint density at radius 3 is 2.19 bits per heavy atom. The number of nitrogens with zero attached hydrogens (tertiary/aromatic N) is 1. The number of halogens is 2. The van der Waals surface area contributed by atoms with Gasteiger partial charge in [0.2, 0.25) is 0 Å². The lowest BCUT2D eigenvalue weighted by Crippen LogP contribution is -2.45. The lowest BCUT2D eigenvalue weighted by molar-refractivity contribution is -0.143. The average molecular weight is 592 g/mol. The number of aromatic hydroxyl groups is 1. The summed E-state index contributed by atoms with van der Waals surface area (Å²) < 4.78 is 18.1. The van der Waals surface area contributed by atoms with Gasteiger partial charge in [-0.2, -0.15) is 0 Å². The van der Waals surface area contributed by atoms with Crippen LogP contribution in [0.1, 0.15) is 36.7 Å². The van der Waals surface area contributed by atoms with Crippen LogP contribution in [0.4, 0.5) is 0 Å². The molecule has 0 saturated carbocycles. The highest BCUT2D eigenvalue weighted by atomic mass is 79.9. The van der Waals surface area contributed by atoms with Gasteiger partial charge in [-0.1, -0.05) is 18.4 Å². The van der Waals surface area contributed by atoms with Crippen LogP contribution in [0.25, 0.3) is 0 Å². The van der Waals surface area contributed by atoms with E-state index in [1.165, 1.54) is 32.2 Å². The predicted molar refractivity (Wildman–Crippen MR) is 127 cm³/mol. The summed E-state index contributed by atoms with van der Waals surface area (Å²) in [5.74, 6) is -1.95. The number of carboxylic acid groups (broad SMARTS) is 1. The number of benzene rings is 2. The van der Waals surface area contributed by atoms with Crippen molar-refractivity contribution in [2.24, 2.45) is 5.92 Å². The molecule has 0 spiro atoms. The van der Waals surface area contributed by atoms with Crippen molar-refractivity contribution in [3.63, 3.8) is 0 Å². The number of amides is 1. The minimum atomic E-state index is -1.54. The number of aliphatic carboxylic acids is 1. The maximum Gasteiger partial charge on any atom is 0.364 e. The molecular weight excluding hydrogens is 569 g/mol. The lowest BCUT2D eigenvalue weighted by Gasteiger charge is -2.28. The summed E-state index contributed by atoms with van der Waals surface area (Å²) in [6, 6.07) is 6.09. The van der Waals surface area contributed by atoms with Crippen molar-refractivity contribution in [3.05, 3.63) is 50.4 Å². The minimum Gasteiger partial charge on any atom is -0.507 e. The molecule has 3 atom stereocenters. The van der Waals surface area contributed by atoms with Crippen LogP contribution in [0.2, 0.25) is 0 Å². The number of rotatable bonds is 8.